The van der Waals surface area contributed by atoms with E-state index < -0.39 is 0 Å². The first kappa shape index (κ1) is 12.6. The third-order valence-electron chi connectivity index (χ3n) is 3.28. The van der Waals surface area contributed by atoms with Crippen LogP contribution < -0.4 is 20.1 Å². The average Bonchev–Trinajstić information content (AvgIpc) is 2.34. The van der Waals surface area contributed by atoms with E-state index in [9.17, 15) is 4.79 Å². The van der Waals surface area contributed by atoms with Gasteiger partial charge >= 0.3 is 0 Å². The number of rotatable bonds is 3. The van der Waals surface area contributed by atoms with Crippen molar-refractivity contribution in [2.45, 2.75) is 6.54 Å². The van der Waals surface area contributed by atoms with Gasteiger partial charge in [-0.3, -0.25) is 4.79 Å². The minimum atomic E-state index is 0.0739. The standard InChI is InChI=1S/C13H15ClN2O3/c14-10-3-8(4-11-12(10)19-2-1-18-11)5-16-13(17)9-6-15-7-9/h3-4,9,15H,1-2,5-7H2,(H,16,17). The molecule has 1 saturated heterocycles. The van der Waals surface area contributed by atoms with Gasteiger partial charge < -0.3 is 20.1 Å². The van der Waals surface area contributed by atoms with Gasteiger partial charge in [-0.2, -0.15) is 0 Å². The summed E-state index contributed by atoms with van der Waals surface area (Å²) in [6.45, 7) is 3.00. The second-order valence-electron chi connectivity index (χ2n) is 4.67. The van der Waals surface area contributed by atoms with E-state index in [0.717, 1.165) is 18.7 Å². The molecular weight excluding hydrogens is 268 g/mol. The van der Waals surface area contributed by atoms with Crippen molar-refractivity contribution in [3.8, 4) is 11.5 Å². The van der Waals surface area contributed by atoms with Crippen molar-refractivity contribution >= 4 is 17.5 Å². The number of amides is 1. The molecule has 2 aliphatic heterocycles. The Labute approximate surface area is 116 Å². The number of ether oxygens (including phenoxy) is 2. The zero-order valence-electron chi connectivity index (χ0n) is 10.4. The van der Waals surface area contributed by atoms with E-state index in [-0.39, 0.29) is 11.8 Å². The fourth-order valence-corrected chi connectivity index (χ4v) is 2.36. The van der Waals surface area contributed by atoms with Gasteiger partial charge in [0.2, 0.25) is 5.91 Å². The highest BCUT2D eigenvalue weighted by Crippen LogP contribution is 2.38. The molecule has 0 spiro atoms. The third kappa shape index (κ3) is 2.62. The Kier molecular flexibility index (Phi) is 3.48. The Bertz CT molecular complexity index is 503. The second-order valence-corrected chi connectivity index (χ2v) is 5.08. The lowest BCUT2D eigenvalue weighted by molar-refractivity contribution is -0.126. The number of carbonyl (C=O) groups is 1. The Morgan fingerprint density at radius 1 is 1.37 bits per heavy atom. The molecule has 0 bridgehead atoms. The molecule has 2 heterocycles. The molecule has 0 aromatic heterocycles. The maximum atomic E-state index is 11.7. The summed E-state index contributed by atoms with van der Waals surface area (Å²) in [6.07, 6.45) is 0. The van der Waals surface area contributed by atoms with Gasteiger partial charge in [0.15, 0.2) is 11.5 Å². The molecule has 1 aromatic rings. The summed E-state index contributed by atoms with van der Waals surface area (Å²) in [6, 6.07) is 3.66. The van der Waals surface area contributed by atoms with E-state index >= 15 is 0 Å². The zero-order chi connectivity index (χ0) is 13.2. The summed E-state index contributed by atoms with van der Waals surface area (Å²) in [5.74, 6) is 1.40. The van der Waals surface area contributed by atoms with Crippen molar-refractivity contribution in [1.29, 1.82) is 0 Å². The van der Waals surface area contributed by atoms with Crippen LogP contribution in [-0.2, 0) is 11.3 Å². The van der Waals surface area contributed by atoms with Crippen LogP contribution in [0.15, 0.2) is 12.1 Å². The predicted octanol–water partition coefficient (Wildman–Crippen LogP) is 0.947. The van der Waals surface area contributed by atoms with Gasteiger partial charge in [0, 0.05) is 19.6 Å². The molecule has 0 aliphatic carbocycles. The predicted molar refractivity (Wildman–Crippen MR) is 70.6 cm³/mol. The van der Waals surface area contributed by atoms with Gasteiger partial charge in [-0.05, 0) is 17.7 Å². The zero-order valence-corrected chi connectivity index (χ0v) is 11.1. The monoisotopic (exact) mass is 282 g/mol. The van der Waals surface area contributed by atoms with Crippen molar-refractivity contribution in [2.75, 3.05) is 26.3 Å². The molecule has 6 heteroatoms. The fraction of sp³-hybridized carbons (Fsp3) is 0.462. The fourth-order valence-electron chi connectivity index (χ4n) is 2.07. The number of benzene rings is 1. The summed E-state index contributed by atoms with van der Waals surface area (Å²) in [7, 11) is 0. The summed E-state index contributed by atoms with van der Waals surface area (Å²) >= 11 is 6.14. The third-order valence-corrected chi connectivity index (χ3v) is 3.56. The first-order chi connectivity index (χ1) is 9.24. The van der Waals surface area contributed by atoms with Gasteiger partial charge in [0.25, 0.3) is 0 Å². The van der Waals surface area contributed by atoms with E-state index in [4.69, 9.17) is 21.1 Å². The van der Waals surface area contributed by atoms with Crippen molar-refractivity contribution in [3.05, 3.63) is 22.7 Å². The number of halogens is 1. The van der Waals surface area contributed by atoms with Crippen LogP contribution in [0.2, 0.25) is 5.02 Å². The van der Waals surface area contributed by atoms with Crippen LogP contribution in [0.5, 0.6) is 11.5 Å². The summed E-state index contributed by atoms with van der Waals surface area (Å²) in [5, 5.41) is 6.49. The molecule has 0 saturated carbocycles. The van der Waals surface area contributed by atoms with E-state index in [1.54, 1.807) is 6.07 Å². The highest BCUT2D eigenvalue weighted by atomic mass is 35.5. The van der Waals surface area contributed by atoms with Crippen LogP contribution in [-0.4, -0.2) is 32.2 Å². The minimum Gasteiger partial charge on any atom is -0.486 e. The number of carbonyl (C=O) groups excluding carboxylic acids is 1. The Morgan fingerprint density at radius 3 is 2.89 bits per heavy atom. The van der Waals surface area contributed by atoms with E-state index in [2.05, 4.69) is 10.6 Å². The lowest BCUT2D eigenvalue weighted by Gasteiger charge is -2.26. The SMILES string of the molecule is O=C(NCc1cc(Cl)c2c(c1)OCCO2)C1CNC1. The van der Waals surface area contributed by atoms with Crippen LogP contribution >= 0.6 is 11.6 Å². The highest BCUT2D eigenvalue weighted by molar-refractivity contribution is 6.32. The van der Waals surface area contributed by atoms with E-state index in [1.807, 2.05) is 6.07 Å². The highest BCUT2D eigenvalue weighted by Gasteiger charge is 2.24. The topological polar surface area (TPSA) is 59.6 Å². The van der Waals surface area contributed by atoms with E-state index in [1.165, 1.54) is 0 Å². The lowest BCUT2D eigenvalue weighted by Crippen LogP contribution is -2.50. The molecule has 1 aromatic carbocycles. The van der Waals surface area contributed by atoms with Crippen molar-refractivity contribution < 1.29 is 14.3 Å². The maximum Gasteiger partial charge on any atom is 0.225 e. The van der Waals surface area contributed by atoms with Gasteiger partial charge in [-0.1, -0.05) is 11.6 Å². The van der Waals surface area contributed by atoms with Crippen LogP contribution in [0.3, 0.4) is 0 Å². The molecule has 102 valence electrons. The van der Waals surface area contributed by atoms with Crippen molar-refractivity contribution in [1.82, 2.24) is 10.6 Å². The molecule has 1 amide bonds. The van der Waals surface area contributed by atoms with Crippen LogP contribution in [0.1, 0.15) is 5.56 Å². The smallest absolute Gasteiger partial charge is 0.225 e. The molecule has 0 atom stereocenters. The van der Waals surface area contributed by atoms with Crippen LogP contribution in [0.25, 0.3) is 0 Å². The molecular formula is C13H15ClN2O3. The molecule has 1 fully saturated rings. The van der Waals surface area contributed by atoms with Crippen LogP contribution in [0.4, 0.5) is 0 Å². The molecule has 0 radical (unpaired) electrons. The van der Waals surface area contributed by atoms with Gasteiger partial charge in [-0.25, -0.2) is 0 Å². The molecule has 19 heavy (non-hydrogen) atoms. The van der Waals surface area contributed by atoms with Crippen LogP contribution in [0, 0.1) is 5.92 Å². The van der Waals surface area contributed by atoms with Crippen molar-refractivity contribution in [3.63, 3.8) is 0 Å². The summed E-state index contributed by atoms with van der Waals surface area (Å²) in [4.78, 5) is 11.7. The average molecular weight is 283 g/mol. The van der Waals surface area contributed by atoms with Gasteiger partial charge in [-0.15, -0.1) is 0 Å². The summed E-state index contributed by atoms with van der Waals surface area (Å²) < 4.78 is 10.9. The summed E-state index contributed by atoms with van der Waals surface area (Å²) in [5.41, 5.74) is 0.912. The molecule has 3 rings (SSSR count). The number of hydrogen-bond acceptors (Lipinski definition) is 4. The Balaban J connectivity index is 1.67. The minimum absolute atomic E-state index is 0.0739. The van der Waals surface area contributed by atoms with Gasteiger partial charge in [0.1, 0.15) is 13.2 Å². The first-order valence-electron chi connectivity index (χ1n) is 6.30. The number of fused-ring (bicyclic) bond motifs is 1. The van der Waals surface area contributed by atoms with Crippen molar-refractivity contribution in [2.24, 2.45) is 5.92 Å². The molecule has 0 unspecified atom stereocenters. The first-order valence-corrected chi connectivity index (χ1v) is 6.68. The molecule has 2 N–H and O–H groups in total. The maximum absolute atomic E-state index is 11.7. The van der Waals surface area contributed by atoms with Gasteiger partial charge in [0.05, 0.1) is 10.9 Å². The molecule has 5 nitrogen and oxygen atoms in total. The Hall–Kier alpha value is -1.46. The quantitative estimate of drug-likeness (QED) is 0.866. The molecule has 2 aliphatic rings. The second kappa shape index (κ2) is 5.27. The van der Waals surface area contributed by atoms with E-state index in [0.29, 0.717) is 36.3 Å². The Morgan fingerprint density at radius 2 is 2.16 bits per heavy atom. The largest absolute Gasteiger partial charge is 0.486 e. The lowest BCUT2D eigenvalue weighted by atomic mass is 10.0. The number of hydrogen-bond donors (Lipinski definition) is 2. The normalized spacial score (nSPS) is 17.7. The number of nitrogens with one attached hydrogen (secondary N) is 2.